The van der Waals surface area contributed by atoms with E-state index in [4.69, 9.17) is 0 Å². The van der Waals surface area contributed by atoms with Crippen LogP contribution < -0.4 is 10.6 Å². The summed E-state index contributed by atoms with van der Waals surface area (Å²) in [5.74, 6) is 0.177. The number of amides is 1. The van der Waals surface area contributed by atoms with Gasteiger partial charge in [-0.15, -0.1) is 0 Å². The lowest BCUT2D eigenvalue weighted by Crippen LogP contribution is -2.39. The van der Waals surface area contributed by atoms with E-state index in [0.717, 1.165) is 13.1 Å². The first-order valence-electron chi connectivity index (χ1n) is 6.39. The van der Waals surface area contributed by atoms with Crippen molar-refractivity contribution in [2.45, 2.75) is 58.9 Å². The minimum Gasteiger partial charge on any atom is -0.356 e. The fourth-order valence-corrected chi connectivity index (χ4v) is 1.76. The van der Waals surface area contributed by atoms with Gasteiger partial charge in [-0.05, 0) is 45.4 Å². The first-order valence-corrected chi connectivity index (χ1v) is 6.39. The number of nitrogens with one attached hydrogen (secondary N) is 2. The summed E-state index contributed by atoms with van der Waals surface area (Å²) < 4.78 is 0. The number of carbonyl (C=O) groups is 1. The van der Waals surface area contributed by atoms with Crippen LogP contribution in [0.25, 0.3) is 0 Å². The van der Waals surface area contributed by atoms with Crippen LogP contribution in [0.1, 0.15) is 53.4 Å². The van der Waals surface area contributed by atoms with Crippen LogP contribution in [0.2, 0.25) is 0 Å². The molecule has 0 spiro atoms. The van der Waals surface area contributed by atoms with E-state index in [-0.39, 0.29) is 11.4 Å². The highest BCUT2D eigenvalue weighted by atomic mass is 16.1. The predicted octanol–water partition coefficient (Wildman–Crippen LogP) is 2.07. The predicted molar refractivity (Wildman–Crippen MR) is 67.3 cm³/mol. The normalized spacial score (nSPS) is 18.2. The summed E-state index contributed by atoms with van der Waals surface area (Å²) in [5.41, 5.74) is 0.550. The minimum atomic E-state index is 0.0986. The third-order valence-electron chi connectivity index (χ3n) is 3.38. The number of hydrogen-bond donors (Lipinski definition) is 2. The van der Waals surface area contributed by atoms with Crippen molar-refractivity contribution in [2.24, 2.45) is 5.41 Å². The van der Waals surface area contributed by atoms with Crippen LogP contribution in [0.5, 0.6) is 0 Å². The molecule has 3 nitrogen and oxygen atoms in total. The van der Waals surface area contributed by atoms with Gasteiger partial charge in [0.15, 0.2) is 0 Å². The Morgan fingerprint density at radius 1 is 1.31 bits per heavy atom. The van der Waals surface area contributed by atoms with E-state index in [1.54, 1.807) is 0 Å². The van der Waals surface area contributed by atoms with Crippen molar-refractivity contribution < 1.29 is 4.79 Å². The zero-order chi connectivity index (χ0) is 12.2. The van der Waals surface area contributed by atoms with E-state index in [1.165, 1.54) is 19.3 Å². The van der Waals surface area contributed by atoms with Crippen LogP contribution in [-0.4, -0.2) is 24.5 Å². The molecule has 16 heavy (non-hydrogen) atoms. The Morgan fingerprint density at radius 3 is 2.38 bits per heavy atom. The molecule has 1 aliphatic rings. The molecule has 1 fully saturated rings. The summed E-state index contributed by atoms with van der Waals surface area (Å²) in [4.78, 5) is 11.6. The van der Waals surface area contributed by atoms with E-state index in [0.29, 0.717) is 11.8 Å². The topological polar surface area (TPSA) is 41.1 Å². The molecule has 1 rings (SSSR count). The molecule has 0 aromatic rings. The van der Waals surface area contributed by atoms with Gasteiger partial charge in [-0.2, -0.15) is 0 Å². The second-order valence-electron chi connectivity index (χ2n) is 6.06. The van der Waals surface area contributed by atoms with Crippen LogP contribution in [0.3, 0.4) is 0 Å². The Morgan fingerprint density at radius 2 is 1.94 bits per heavy atom. The van der Waals surface area contributed by atoms with Gasteiger partial charge in [0.05, 0.1) is 0 Å². The standard InChI is InChI=1S/C13H26N2O/c1-5-13(7-8-13)10-14-11(16)6-9-15-12(2,3)4/h15H,5-10H2,1-4H3,(H,14,16). The third kappa shape index (κ3) is 4.97. The fraction of sp³-hybridized carbons (Fsp3) is 0.923. The van der Waals surface area contributed by atoms with Gasteiger partial charge < -0.3 is 10.6 Å². The van der Waals surface area contributed by atoms with Crippen LogP contribution in [0, 0.1) is 5.41 Å². The molecular weight excluding hydrogens is 200 g/mol. The summed E-state index contributed by atoms with van der Waals surface area (Å²) in [6.45, 7) is 10.2. The molecule has 0 atom stereocenters. The molecule has 0 saturated heterocycles. The van der Waals surface area contributed by atoms with Gasteiger partial charge in [-0.25, -0.2) is 0 Å². The average Bonchev–Trinajstić information content (AvgIpc) is 2.93. The molecule has 3 heteroatoms. The van der Waals surface area contributed by atoms with Crippen molar-refractivity contribution in [3.05, 3.63) is 0 Å². The molecule has 0 unspecified atom stereocenters. The van der Waals surface area contributed by atoms with Gasteiger partial charge in [-0.3, -0.25) is 4.79 Å². The van der Waals surface area contributed by atoms with Crippen molar-refractivity contribution in [1.29, 1.82) is 0 Å². The first-order chi connectivity index (χ1) is 7.37. The second kappa shape index (κ2) is 5.17. The number of hydrogen-bond acceptors (Lipinski definition) is 2. The molecule has 2 N–H and O–H groups in total. The Labute approximate surface area is 99.4 Å². The molecule has 94 valence electrons. The van der Waals surface area contributed by atoms with E-state index in [2.05, 4.69) is 38.3 Å². The fourth-order valence-electron chi connectivity index (χ4n) is 1.76. The summed E-state index contributed by atoms with van der Waals surface area (Å²) in [5, 5.41) is 6.36. The maximum Gasteiger partial charge on any atom is 0.221 e. The molecule has 1 aliphatic carbocycles. The SMILES string of the molecule is CCC1(CNC(=O)CCNC(C)(C)C)CC1. The molecule has 0 aromatic heterocycles. The van der Waals surface area contributed by atoms with Gasteiger partial charge in [0.2, 0.25) is 5.91 Å². The second-order valence-corrected chi connectivity index (χ2v) is 6.06. The Hall–Kier alpha value is -0.570. The highest BCUT2D eigenvalue weighted by molar-refractivity contribution is 5.76. The Kier molecular flexibility index (Phi) is 4.36. The van der Waals surface area contributed by atoms with Crippen molar-refractivity contribution in [3.8, 4) is 0 Å². The van der Waals surface area contributed by atoms with Crippen molar-refractivity contribution in [3.63, 3.8) is 0 Å². The van der Waals surface area contributed by atoms with Gasteiger partial charge in [-0.1, -0.05) is 6.92 Å². The van der Waals surface area contributed by atoms with E-state index >= 15 is 0 Å². The zero-order valence-corrected chi connectivity index (χ0v) is 11.2. The molecule has 1 amide bonds. The van der Waals surface area contributed by atoms with Crippen LogP contribution in [0.4, 0.5) is 0 Å². The Balaban J connectivity index is 2.08. The lowest BCUT2D eigenvalue weighted by molar-refractivity contribution is -0.121. The quantitative estimate of drug-likeness (QED) is 0.728. The summed E-state index contributed by atoms with van der Waals surface area (Å²) in [7, 11) is 0. The monoisotopic (exact) mass is 226 g/mol. The Bertz CT molecular complexity index is 239. The maximum absolute atomic E-state index is 11.6. The molecule has 1 saturated carbocycles. The molecule has 0 radical (unpaired) electrons. The number of carbonyl (C=O) groups excluding carboxylic acids is 1. The summed E-state index contributed by atoms with van der Waals surface area (Å²) in [6, 6.07) is 0. The minimum absolute atomic E-state index is 0.0986. The molecule has 0 bridgehead atoms. The molecule has 0 aromatic carbocycles. The highest BCUT2D eigenvalue weighted by Gasteiger charge is 2.40. The van der Waals surface area contributed by atoms with E-state index in [9.17, 15) is 4.79 Å². The van der Waals surface area contributed by atoms with E-state index in [1.807, 2.05) is 0 Å². The van der Waals surface area contributed by atoms with Gasteiger partial charge in [0.1, 0.15) is 0 Å². The van der Waals surface area contributed by atoms with Gasteiger partial charge in [0, 0.05) is 25.0 Å². The van der Waals surface area contributed by atoms with Crippen LogP contribution >= 0.6 is 0 Å². The molecule has 0 heterocycles. The first kappa shape index (κ1) is 13.5. The van der Waals surface area contributed by atoms with Crippen molar-refractivity contribution in [1.82, 2.24) is 10.6 Å². The lowest BCUT2D eigenvalue weighted by Gasteiger charge is -2.20. The van der Waals surface area contributed by atoms with Crippen LogP contribution in [0.15, 0.2) is 0 Å². The maximum atomic E-state index is 11.6. The summed E-state index contributed by atoms with van der Waals surface area (Å²) >= 11 is 0. The van der Waals surface area contributed by atoms with Crippen molar-refractivity contribution in [2.75, 3.05) is 13.1 Å². The largest absolute Gasteiger partial charge is 0.356 e. The zero-order valence-electron chi connectivity index (χ0n) is 11.2. The van der Waals surface area contributed by atoms with Gasteiger partial charge >= 0.3 is 0 Å². The third-order valence-corrected chi connectivity index (χ3v) is 3.38. The lowest BCUT2D eigenvalue weighted by atomic mass is 10.0. The molecular formula is C13H26N2O. The average molecular weight is 226 g/mol. The van der Waals surface area contributed by atoms with Gasteiger partial charge in [0.25, 0.3) is 0 Å². The number of rotatable bonds is 6. The summed E-state index contributed by atoms with van der Waals surface area (Å²) in [6.07, 6.45) is 4.33. The van der Waals surface area contributed by atoms with E-state index < -0.39 is 0 Å². The molecule has 0 aliphatic heterocycles. The smallest absolute Gasteiger partial charge is 0.221 e. The van der Waals surface area contributed by atoms with Crippen molar-refractivity contribution >= 4 is 5.91 Å². The van der Waals surface area contributed by atoms with Crippen LogP contribution in [-0.2, 0) is 4.79 Å². The highest BCUT2D eigenvalue weighted by Crippen LogP contribution is 2.47.